The van der Waals surface area contributed by atoms with Gasteiger partial charge in [-0.1, -0.05) is 75.9 Å². The lowest BCUT2D eigenvalue weighted by Crippen LogP contribution is -2.39. The van der Waals surface area contributed by atoms with Crippen molar-refractivity contribution in [3.8, 4) is 0 Å². The zero-order chi connectivity index (χ0) is 15.9. The maximum absolute atomic E-state index is 6.40. The summed E-state index contributed by atoms with van der Waals surface area (Å²) in [4.78, 5) is 0. The first-order valence-corrected chi connectivity index (χ1v) is 8.86. The molecule has 0 saturated heterocycles. The third-order valence-electron chi connectivity index (χ3n) is 4.29. The average Bonchev–Trinajstić information content (AvgIpc) is 2.46. The number of nitrogens with one attached hydrogen (secondary N) is 1. The van der Waals surface area contributed by atoms with Crippen molar-refractivity contribution in [2.75, 3.05) is 6.54 Å². The van der Waals surface area contributed by atoms with E-state index in [1.54, 1.807) is 0 Å². The van der Waals surface area contributed by atoms with Crippen LogP contribution in [0.1, 0.15) is 58.9 Å². The molecule has 1 aromatic rings. The van der Waals surface area contributed by atoms with Crippen molar-refractivity contribution in [2.24, 2.45) is 5.41 Å². The minimum Gasteiger partial charge on any atom is -0.314 e. The van der Waals surface area contributed by atoms with Crippen molar-refractivity contribution in [3.05, 3.63) is 33.8 Å². The summed E-state index contributed by atoms with van der Waals surface area (Å²) in [6.45, 7) is 9.97. The second-order valence-electron chi connectivity index (χ2n) is 6.38. The molecule has 0 fully saturated rings. The summed E-state index contributed by atoms with van der Waals surface area (Å²) >= 11 is 12.6. The van der Waals surface area contributed by atoms with Crippen molar-refractivity contribution in [2.45, 2.75) is 65.8 Å². The Bertz CT molecular complexity index is 431. The molecule has 0 heterocycles. The highest BCUT2D eigenvalue weighted by molar-refractivity contribution is 6.42. The van der Waals surface area contributed by atoms with Gasteiger partial charge in [-0.3, -0.25) is 0 Å². The Balaban J connectivity index is 2.95. The summed E-state index contributed by atoms with van der Waals surface area (Å²) in [6, 6.07) is 6.48. The van der Waals surface area contributed by atoms with Crippen LogP contribution in [-0.4, -0.2) is 12.6 Å². The van der Waals surface area contributed by atoms with Crippen LogP contribution in [0.3, 0.4) is 0 Å². The van der Waals surface area contributed by atoms with E-state index in [9.17, 15) is 0 Å². The first kappa shape index (κ1) is 18.8. The monoisotopic (exact) mass is 329 g/mol. The Morgan fingerprint density at radius 3 is 2.48 bits per heavy atom. The van der Waals surface area contributed by atoms with E-state index in [4.69, 9.17) is 23.2 Å². The molecular formula is C18H29Cl2N. The normalized spacial score (nSPS) is 14.4. The summed E-state index contributed by atoms with van der Waals surface area (Å²) < 4.78 is 0. The number of hydrogen-bond acceptors (Lipinski definition) is 1. The van der Waals surface area contributed by atoms with Crippen LogP contribution in [0.15, 0.2) is 18.2 Å². The Kier molecular flexibility index (Phi) is 8.08. The summed E-state index contributed by atoms with van der Waals surface area (Å²) in [7, 11) is 0. The van der Waals surface area contributed by atoms with Gasteiger partial charge in [0, 0.05) is 12.6 Å². The van der Waals surface area contributed by atoms with E-state index in [0.717, 1.165) is 24.4 Å². The Labute approximate surface area is 140 Å². The number of unbranched alkanes of at least 4 members (excludes halogenated alkanes) is 1. The van der Waals surface area contributed by atoms with Gasteiger partial charge in [0.1, 0.15) is 0 Å². The van der Waals surface area contributed by atoms with Gasteiger partial charge in [-0.05, 0) is 36.3 Å². The van der Waals surface area contributed by atoms with E-state index in [-0.39, 0.29) is 5.41 Å². The molecule has 0 aromatic heterocycles. The molecule has 0 aliphatic heterocycles. The predicted molar refractivity (Wildman–Crippen MR) is 95.6 cm³/mol. The van der Waals surface area contributed by atoms with Crippen LogP contribution in [0, 0.1) is 5.41 Å². The first-order chi connectivity index (χ1) is 9.94. The average molecular weight is 330 g/mol. The van der Waals surface area contributed by atoms with E-state index in [1.807, 2.05) is 12.1 Å². The summed E-state index contributed by atoms with van der Waals surface area (Å²) in [6.07, 6.45) is 5.85. The van der Waals surface area contributed by atoms with Gasteiger partial charge in [0.15, 0.2) is 0 Å². The van der Waals surface area contributed by atoms with Gasteiger partial charge >= 0.3 is 0 Å². The van der Waals surface area contributed by atoms with Crippen molar-refractivity contribution < 1.29 is 0 Å². The highest BCUT2D eigenvalue weighted by Gasteiger charge is 2.29. The van der Waals surface area contributed by atoms with Crippen LogP contribution in [-0.2, 0) is 6.42 Å². The molecule has 1 nitrogen and oxygen atoms in total. The van der Waals surface area contributed by atoms with Gasteiger partial charge in [-0.25, -0.2) is 0 Å². The molecule has 0 aliphatic carbocycles. The molecule has 1 aromatic carbocycles. The second kappa shape index (κ2) is 9.02. The number of benzene rings is 1. The van der Waals surface area contributed by atoms with Crippen LogP contribution in [0.5, 0.6) is 0 Å². The molecule has 0 amide bonds. The highest BCUT2D eigenvalue weighted by Crippen LogP contribution is 2.36. The maximum Gasteiger partial charge on any atom is 0.0624 e. The second-order valence-corrected chi connectivity index (χ2v) is 7.17. The molecule has 0 saturated carbocycles. The number of rotatable bonds is 9. The van der Waals surface area contributed by atoms with Gasteiger partial charge in [-0.2, -0.15) is 0 Å². The van der Waals surface area contributed by atoms with Gasteiger partial charge in [0.05, 0.1) is 10.0 Å². The van der Waals surface area contributed by atoms with Crippen LogP contribution in [0.25, 0.3) is 0 Å². The highest BCUT2D eigenvalue weighted by atomic mass is 35.5. The molecule has 0 radical (unpaired) electrons. The fourth-order valence-electron chi connectivity index (χ4n) is 2.73. The number of hydrogen-bond donors (Lipinski definition) is 1. The van der Waals surface area contributed by atoms with Gasteiger partial charge in [0.2, 0.25) is 0 Å². The van der Waals surface area contributed by atoms with E-state index >= 15 is 0 Å². The van der Waals surface area contributed by atoms with E-state index in [0.29, 0.717) is 11.1 Å². The van der Waals surface area contributed by atoms with E-state index in [2.05, 4.69) is 39.1 Å². The molecule has 0 bridgehead atoms. The van der Waals surface area contributed by atoms with Crippen molar-refractivity contribution in [1.82, 2.24) is 5.32 Å². The van der Waals surface area contributed by atoms with Gasteiger partial charge in [0.25, 0.3) is 0 Å². The minimum atomic E-state index is 0.259. The predicted octanol–water partition coefficient (Wildman–Crippen LogP) is 6.12. The van der Waals surface area contributed by atoms with E-state index < -0.39 is 0 Å². The Morgan fingerprint density at radius 1 is 1.19 bits per heavy atom. The van der Waals surface area contributed by atoms with Gasteiger partial charge < -0.3 is 5.32 Å². The van der Waals surface area contributed by atoms with Crippen molar-refractivity contribution in [1.29, 1.82) is 0 Å². The molecule has 0 spiro atoms. The van der Waals surface area contributed by atoms with Crippen LogP contribution in [0.4, 0.5) is 0 Å². The van der Waals surface area contributed by atoms with Crippen LogP contribution >= 0.6 is 23.2 Å². The zero-order valence-electron chi connectivity index (χ0n) is 13.8. The summed E-state index contributed by atoms with van der Waals surface area (Å²) in [5.74, 6) is 0. The fourth-order valence-corrected chi connectivity index (χ4v) is 3.11. The van der Waals surface area contributed by atoms with E-state index in [1.165, 1.54) is 24.8 Å². The molecule has 21 heavy (non-hydrogen) atoms. The number of halogens is 2. The molecule has 1 atom stereocenters. The molecular weight excluding hydrogens is 301 g/mol. The Hall–Kier alpha value is -0.240. The zero-order valence-corrected chi connectivity index (χ0v) is 15.3. The van der Waals surface area contributed by atoms with Crippen molar-refractivity contribution in [3.63, 3.8) is 0 Å². The summed E-state index contributed by atoms with van der Waals surface area (Å²) in [5.41, 5.74) is 1.43. The maximum atomic E-state index is 6.40. The van der Waals surface area contributed by atoms with Crippen LogP contribution < -0.4 is 5.32 Å². The lowest BCUT2D eigenvalue weighted by atomic mass is 9.75. The molecule has 1 N–H and O–H groups in total. The molecule has 120 valence electrons. The lowest BCUT2D eigenvalue weighted by molar-refractivity contribution is 0.223. The molecule has 3 heteroatoms. The SMILES string of the molecule is CCCCC(CC)(CNC(C)C)Cc1cccc(Cl)c1Cl. The largest absolute Gasteiger partial charge is 0.314 e. The molecule has 1 rings (SSSR count). The van der Waals surface area contributed by atoms with Gasteiger partial charge in [-0.15, -0.1) is 0 Å². The third kappa shape index (κ3) is 5.81. The fraction of sp³-hybridized carbons (Fsp3) is 0.667. The summed E-state index contributed by atoms with van der Waals surface area (Å²) in [5, 5.41) is 5.00. The lowest BCUT2D eigenvalue weighted by Gasteiger charge is -2.35. The third-order valence-corrected chi connectivity index (χ3v) is 5.15. The Morgan fingerprint density at radius 2 is 1.90 bits per heavy atom. The van der Waals surface area contributed by atoms with Crippen LogP contribution in [0.2, 0.25) is 10.0 Å². The standard InChI is InChI=1S/C18H29Cl2N/c1-5-7-11-18(6-2,13-21-14(3)4)12-15-9-8-10-16(19)17(15)20/h8-10,14,21H,5-7,11-13H2,1-4H3. The smallest absolute Gasteiger partial charge is 0.0624 e. The molecule has 0 aliphatic rings. The molecule has 1 unspecified atom stereocenters. The topological polar surface area (TPSA) is 12.0 Å². The van der Waals surface area contributed by atoms with Crippen molar-refractivity contribution >= 4 is 23.2 Å². The minimum absolute atomic E-state index is 0.259. The quantitative estimate of drug-likeness (QED) is 0.575. The first-order valence-electron chi connectivity index (χ1n) is 8.10.